The quantitative estimate of drug-likeness (QED) is 0.463. The SMILES string of the molecule is COc1ccc(COC(=O)[C@H](NC(=O)OCC2c3ccccc3-c3ccccc32)C(C)C)cc1. The number of rotatable bonds is 8. The van der Waals surface area contributed by atoms with Gasteiger partial charge in [0.1, 0.15) is 25.0 Å². The first-order valence-corrected chi connectivity index (χ1v) is 11.4. The Morgan fingerprint density at radius 2 is 1.44 bits per heavy atom. The lowest BCUT2D eigenvalue weighted by atomic mass is 9.98. The monoisotopic (exact) mass is 459 g/mol. The van der Waals surface area contributed by atoms with Gasteiger partial charge in [-0.15, -0.1) is 0 Å². The number of amides is 1. The van der Waals surface area contributed by atoms with Crippen molar-refractivity contribution in [2.24, 2.45) is 5.92 Å². The third kappa shape index (κ3) is 5.06. The molecule has 4 rings (SSSR count). The van der Waals surface area contributed by atoms with E-state index in [1.165, 1.54) is 0 Å². The van der Waals surface area contributed by atoms with Gasteiger partial charge in [-0.25, -0.2) is 9.59 Å². The van der Waals surface area contributed by atoms with Crippen LogP contribution in [-0.2, 0) is 20.9 Å². The third-order valence-corrected chi connectivity index (χ3v) is 6.08. The van der Waals surface area contributed by atoms with Gasteiger partial charge in [0, 0.05) is 5.92 Å². The molecule has 1 aliphatic carbocycles. The number of hydrogen-bond acceptors (Lipinski definition) is 5. The number of carbonyl (C=O) groups is 2. The minimum Gasteiger partial charge on any atom is -0.497 e. The molecule has 1 atom stereocenters. The summed E-state index contributed by atoms with van der Waals surface area (Å²) in [4.78, 5) is 25.3. The summed E-state index contributed by atoms with van der Waals surface area (Å²) >= 11 is 0. The first-order chi connectivity index (χ1) is 16.5. The lowest BCUT2D eigenvalue weighted by Gasteiger charge is -2.21. The van der Waals surface area contributed by atoms with Crippen LogP contribution >= 0.6 is 0 Å². The Hall–Kier alpha value is -3.80. The zero-order chi connectivity index (χ0) is 24.1. The molecule has 0 spiro atoms. The van der Waals surface area contributed by atoms with Crippen LogP contribution in [0.5, 0.6) is 5.75 Å². The number of methoxy groups -OCH3 is 1. The summed E-state index contributed by atoms with van der Waals surface area (Å²) in [7, 11) is 1.59. The van der Waals surface area contributed by atoms with Crippen LogP contribution in [0.4, 0.5) is 4.79 Å². The molecular formula is C28H29NO5. The molecule has 34 heavy (non-hydrogen) atoms. The van der Waals surface area contributed by atoms with Crippen LogP contribution in [-0.4, -0.2) is 31.8 Å². The smallest absolute Gasteiger partial charge is 0.407 e. The van der Waals surface area contributed by atoms with Crippen molar-refractivity contribution in [3.8, 4) is 16.9 Å². The second kappa shape index (κ2) is 10.4. The summed E-state index contributed by atoms with van der Waals surface area (Å²) in [5.74, 6) is 0.0212. The molecule has 0 bridgehead atoms. The molecule has 176 valence electrons. The van der Waals surface area contributed by atoms with Crippen molar-refractivity contribution in [3.63, 3.8) is 0 Å². The van der Waals surface area contributed by atoms with E-state index in [1.807, 2.05) is 50.2 Å². The topological polar surface area (TPSA) is 73.9 Å². The summed E-state index contributed by atoms with van der Waals surface area (Å²) in [5.41, 5.74) is 5.42. The molecule has 0 aliphatic heterocycles. The predicted molar refractivity (Wildman–Crippen MR) is 130 cm³/mol. The molecule has 6 nitrogen and oxygen atoms in total. The Morgan fingerprint density at radius 3 is 2.00 bits per heavy atom. The molecular weight excluding hydrogens is 430 g/mol. The van der Waals surface area contributed by atoms with Crippen molar-refractivity contribution >= 4 is 12.1 Å². The standard InChI is InChI=1S/C28H29NO5/c1-18(2)26(27(30)33-16-19-12-14-20(32-3)15-13-19)29-28(31)34-17-25-23-10-6-4-8-21(23)22-9-5-7-11-24(22)25/h4-15,18,25-26H,16-17H2,1-3H3,(H,29,31)/t26-/m1/s1. The molecule has 0 saturated carbocycles. The second-order valence-corrected chi connectivity index (χ2v) is 8.65. The maximum Gasteiger partial charge on any atom is 0.407 e. The highest BCUT2D eigenvalue weighted by molar-refractivity contribution is 5.82. The minimum absolute atomic E-state index is 0.0438. The second-order valence-electron chi connectivity index (χ2n) is 8.65. The minimum atomic E-state index is -0.811. The van der Waals surface area contributed by atoms with Gasteiger partial charge in [0.25, 0.3) is 0 Å². The number of ether oxygens (including phenoxy) is 3. The summed E-state index contributed by atoms with van der Waals surface area (Å²) < 4.78 is 16.2. The molecule has 6 heteroatoms. The largest absolute Gasteiger partial charge is 0.497 e. The molecule has 0 aromatic heterocycles. The van der Waals surface area contributed by atoms with Crippen molar-refractivity contribution < 1.29 is 23.8 Å². The summed E-state index contributed by atoms with van der Waals surface area (Å²) in [6.07, 6.45) is -0.637. The van der Waals surface area contributed by atoms with E-state index in [0.717, 1.165) is 33.6 Å². The van der Waals surface area contributed by atoms with Crippen molar-refractivity contribution in [3.05, 3.63) is 89.5 Å². The Morgan fingerprint density at radius 1 is 0.853 bits per heavy atom. The molecule has 1 N–H and O–H groups in total. The van der Waals surface area contributed by atoms with E-state index in [9.17, 15) is 9.59 Å². The summed E-state index contributed by atoms with van der Waals surface area (Å²) in [6, 6.07) is 22.8. The number of esters is 1. The van der Waals surface area contributed by atoms with Gasteiger partial charge >= 0.3 is 12.1 Å². The normalized spacial score (nSPS) is 13.1. The number of nitrogens with one attached hydrogen (secondary N) is 1. The molecule has 1 amide bonds. The molecule has 0 radical (unpaired) electrons. The van der Waals surface area contributed by atoms with Crippen LogP contribution in [0.2, 0.25) is 0 Å². The van der Waals surface area contributed by atoms with Crippen molar-refractivity contribution in [2.45, 2.75) is 32.4 Å². The fraction of sp³-hybridized carbons (Fsp3) is 0.286. The van der Waals surface area contributed by atoms with Gasteiger partial charge in [-0.1, -0.05) is 74.5 Å². The van der Waals surface area contributed by atoms with Gasteiger partial charge in [-0.2, -0.15) is 0 Å². The lowest BCUT2D eigenvalue weighted by Crippen LogP contribution is -2.45. The molecule has 1 aliphatic rings. The molecule has 0 fully saturated rings. The van der Waals surface area contributed by atoms with Crippen LogP contribution in [0.1, 0.15) is 36.5 Å². The van der Waals surface area contributed by atoms with E-state index in [0.29, 0.717) is 0 Å². The fourth-order valence-corrected chi connectivity index (χ4v) is 4.23. The predicted octanol–water partition coefficient (Wildman–Crippen LogP) is 5.30. The van der Waals surface area contributed by atoms with E-state index in [4.69, 9.17) is 14.2 Å². The molecule has 3 aromatic rings. The van der Waals surface area contributed by atoms with Gasteiger partial charge in [-0.05, 0) is 45.9 Å². The fourth-order valence-electron chi connectivity index (χ4n) is 4.23. The molecule has 3 aromatic carbocycles. The van der Waals surface area contributed by atoms with E-state index >= 15 is 0 Å². The maximum absolute atomic E-state index is 12.7. The Labute approximate surface area is 199 Å². The van der Waals surface area contributed by atoms with Gasteiger partial charge in [-0.3, -0.25) is 0 Å². The van der Waals surface area contributed by atoms with Crippen molar-refractivity contribution in [1.29, 1.82) is 0 Å². The van der Waals surface area contributed by atoms with E-state index in [-0.39, 0.29) is 25.0 Å². The van der Waals surface area contributed by atoms with E-state index < -0.39 is 18.1 Å². The highest BCUT2D eigenvalue weighted by atomic mass is 16.6. The number of alkyl carbamates (subject to hydrolysis) is 1. The first kappa shape index (κ1) is 23.4. The third-order valence-electron chi connectivity index (χ3n) is 6.08. The highest BCUT2D eigenvalue weighted by Gasteiger charge is 2.30. The van der Waals surface area contributed by atoms with Crippen molar-refractivity contribution in [1.82, 2.24) is 5.32 Å². The van der Waals surface area contributed by atoms with Gasteiger partial charge in [0.15, 0.2) is 0 Å². The van der Waals surface area contributed by atoms with Crippen LogP contribution < -0.4 is 10.1 Å². The molecule has 0 heterocycles. The average molecular weight is 460 g/mol. The Kier molecular flexibility index (Phi) is 7.16. The zero-order valence-corrected chi connectivity index (χ0v) is 19.6. The Bertz CT molecular complexity index is 1110. The lowest BCUT2D eigenvalue weighted by molar-refractivity contribution is -0.148. The Balaban J connectivity index is 1.35. The molecule has 0 unspecified atom stereocenters. The van der Waals surface area contributed by atoms with Gasteiger partial charge in [0.2, 0.25) is 0 Å². The number of hydrogen-bond donors (Lipinski definition) is 1. The van der Waals surface area contributed by atoms with E-state index in [2.05, 4.69) is 29.6 Å². The number of carbonyl (C=O) groups excluding carboxylic acids is 2. The van der Waals surface area contributed by atoms with Crippen LogP contribution in [0, 0.1) is 5.92 Å². The maximum atomic E-state index is 12.7. The first-order valence-electron chi connectivity index (χ1n) is 11.4. The molecule has 0 saturated heterocycles. The highest BCUT2D eigenvalue weighted by Crippen LogP contribution is 2.44. The average Bonchev–Trinajstić information content (AvgIpc) is 3.18. The number of benzene rings is 3. The van der Waals surface area contributed by atoms with Crippen LogP contribution in [0.15, 0.2) is 72.8 Å². The summed E-state index contributed by atoms with van der Waals surface area (Å²) in [6.45, 7) is 4.00. The summed E-state index contributed by atoms with van der Waals surface area (Å²) in [5, 5.41) is 2.69. The van der Waals surface area contributed by atoms with Crippen LogP contribution in [0.25, 0.3) is 11.1 Å². The van der Waals surface area contributed by atoms with E-state index in [1.54, 1.807) is 19.2 Å². The van der Waals surface area contributed by atoms with Gasteiger partial charge in [0.05, 0.1) is 7.11 Å². The zero-order valence-electron chi connectivity index (χ0n) is 19.6. The van der Waals surface area contributed by atoms with Crippen molar-refractivity contribution in [2.75, 3.05) is 13.7 Å². The van der Waals surface area contributed by atoms with Gasteiger partial charge < -0.3 is 19.5 Å². The van der Waals surface area contributed by atoms with Crippen LogP contribution in [0.3, 0.4) is 0 Å². The number of fused-ring (bicyclic) bond motifs is 3.